The largest absolute Gasteiger partial charge is 0.490 e. The van der Waals surface area contributed by atoms with Gasteiger partial charge in [-0.3, -0.25) is 0 Å². The second-order valence-electron chi connectivity index (χ2n) is 4.92. The summed E-state index contributed by atoms with van der Waals surface area (Å²) < 4.78 is 11.4. The molecule has 0 aromatic heterocycles. The standard InChI is InChI=1S/C17H25NO2/c1-5-7-11-20-17-15(13-18-12-14(3)4)9-8-10-16(17)19-6-2/h8-10,14,18H,6,11-13H2,1-4H3. The number of rotatable bonds is 8. The van der Waals surface area contributed by atoms with Gasteiger partial charge in [0, 0.05) is 12.1 Å². The lowest BCUT2D eigenvalue weighted by molar-refractivity contribution is 0.296. The van der Waals surface area contributed by atoms with Crippen LogP contribution in [-0.4, -0.2) is 19.8 Å². The summed E-state index contributed by atoms with van der Waals surface area (Å²) >= 11 is 0. The summed E-state index contributed by atoms with van der Waals surface area (Å²) in [7, 11) is 0. The van der Waals surface area contributed by atoms with Crippen LogP contribution in [0.4, 0.5) is 0 Å². The van der Waals surface area contributed by atoms with E-state index in [4.69, 9.17) is 9.47 Å². The minimum atomic E-state index is 0.387. The molecule has 0 fully saturated rings. The van der Waals surface area contributed by atoms with E-state index in [0.717, 1.165) is 30.2 Å². The van der Waals surface area contributed by atoms with Crippen LogP contribution in [0.5, 0.6) is 11.5 Å². The van der Waals surface area contributed by atoms with Crippen molar-refractivity contribution in [3.63, 3.8) is 0 Å². The topological polar surface area (TPSA) is 30.5 Å². The molecular weight excluding hydrogens is 250 g/mol. The van der Waals surface area contributed by atoms with E-state index in [-0.39, 0.29) is 0 Å². The van der Waals surface area contributed by atoms with Gasteiger partial charge in [-0.2, -0.15) is 0 Å². The van der Waals surface area contributed by atoms with Crippen LogP contribution in [0.1, 0.15) is 33.3 Å². The first-order chi connectivity index (χ1) is 9.69. The van der Waals surface area contributed by atoms with Gasteiger partial charge in [-0.15, -0.1) is 5.92 Å². The van der Waals surface area contributed by atoms with Crippen molar-refractivity contribution in [2.24, 2.45) is 5.92 Å². The summed E-state index contributed by atoms with van der Waals surface area (Å²) in [4.78, 5) is 0. The van der Waals surface area contributed by atoms with Gasteiger partial charge >= 0.3 is 0 Å². The van der Waals surface area contributed by atoms with E-state index < -0.39 is 0 Å². The zero-order valence-corrected chi connectivity index (χ0v) is 13.0. The number of nitrogens with one attached hydrogen (secondary N) is 1. The second-order valence-corrected chi connectivity index (χ2v) is 4.92. The molecule has 0 saturated heterocycles. The van der Waals surface area contributed by atoms with Crippen molar-refractivity contribution in [3.8, 4) is 23.3 Å². The summed E-state index contributed by atoms with van der Waals surface area (Å²) in [6.45, 7) is 10.9. The number of para-hydroxylation sites is 1. The fraction of sp³-hybridized carbons (Fsp3) is 0.529. The maximum absolute atomic E-state index is 5.78. The minimum Gasteiger partial charge on any atom is -0.490 e. The highest BCUT2D eigenvalue weighted by Gasteiger charge is 2.10. The second kappa shape index (κ2) is 9.28. The van der Waals surface area contributed by atoms with E-state index in [1.165, 1.54) is 0 Å². The predicted molar refractivity (Wildman–Crippen MR) is 83.1 cm³/mol. The van der Waals surface area contributed by atoms with Crippen LogP contribution in [-0.2, 0) is 6.54 Å². The van der Waals surface area contributed by atoms with Gasteiger partial charge in [0.1, 0.15) is 6.61 Å². The molecule has 1 aromatic rings. The Balaban J connectivity index is 2.82. The molecule has 0 aliphatic heterocycles. The van der Waals surface area contributed by atoms with Gasteiger partial charge in [0.25, 0.3) is 0 Å². The lowest BCUT2D eigenvalue weighted by Gasteiger charge is -2.15. The maximum atomic E-state index is 5.78. The van der Waals surface area contributed by atoms with Crippen molar-refractivity contribution in [2.45, 2.75) is 34.2 Å². The number of ether oxygens (including phenoxy) is 2. The molecule has 0 amide bonds. The molecule has 1 N–H and O–H groups in total. The molecule has 20 heavy (non-hydrogen) atoms. The lowest BCUT2D eigenvalue weighted by Crippen LogP contribution is -2.19. The Morgan fingerprint density at radius 3 is 2.70 bits per heavy atom. The van der Waals surface area contributed by atoms with Gasteiger partial charge < -0.3 is 14.8 Å². The minimum absolute atomic E-state index is 0.387. The molecule has 3 nitrogen and oxygen atoms in total. The van der Waals surface area contributed by atoms with E-state index in [9.17, 15) is 0 Å². The van der Waals surface area contributed by atoms with Gasteiger partial charge in [-0.25, -0.2) is 0 Å². The molecule has 0 aliphatic rings. The van der Waals surface area contributed by atoms with Crippen molar-refractivity contribution < 1.29 is 9.47 Å². The van der Waals surface area contributed by atoms with Crippen LogP contribution in [0.15, 0.2) is 18.2 Å². The Kier molecular flexibility index (Phi) is 7.60. The number of hydrogen-bond donors (Lipinski definition) is 1. The Morgan fingerprint density at radius 1 is 1.25 bits per heavy atom. The smallest absolute Gasteiger partial charge is 0.167 e. The van der Waals surface area contributed by atoms with Gasteiger partial charge in [0.05, 0.1) is 6.61 Å². The molecule has 0 saturated carbocycles. The van der Waals surface area contributed by atoms with Gasteiger partial charge in [0.15, 0.2) is 11.5 Å². The molecule has 0 spiro atoms. The molecule has 0 bridgehead atoms. The summed E-state index contributed by atoms with van der Waals surface area (Å²) in [6, 6.07) is 5.99. The first-order valence-corrected chi connectivity index (χ1v) is 7.16. The SMILES string of the molecule is CC#CCOc1c(CNCC(C)C)cccc1OCC. The van der Waals surface area contributed by atoms with E-state index in [0.29, 0.717) is 19.1 Å². The lowest BCUT2D eigenvalue weighted by atomic mass is 10.1. The van der Waals surface area contributed by atoms with Gasteiger partial charge in [0.2, 0.25) is 0 Å². The summed E-state index contributed by atoms with van der Waals surface area (Å²) in [5, 5.41) is 3.43. The number of benzene rings is 1. The molecule has 0 atom stereocenters. The number of hydrogen-bond acceptors (Lipinski definition) is 3. The molecule has 1 aromatic carbocycles. The highest BCUT2D eigenvalue weighted by atomic mass is 16.5. The van der Waals surface area contributed by atoms with Crippen LogP contribution in [0, 0.1) is 17.8 Å². The highest BCUT2D eigenvalue weighted by Crippen LogP contribution is 2.31. The molecule has 0 unspecified atom stereocenters. The van der Waals surface area contributed by atoms with Crippen LogP contribution in [0.25, 0.3) is 0 Å². The highest BCUT2D eigenvalue weighted by molar-refractivity contribution is 5.46. The van der Waals surface area contributed by atoms with E-state index in [2.05, 4.69) is 37.1 Å². The monoisotopic (exact) mass is 275 g/mol. The van der Waals surface area contributed by atoms with Gasteiger partial charge in [-0.1, -0.05) is 31.9 Å². The Bertz CT molecular complexity index is 458. The normalized spacial score (nSPS) is 10.1. The third-order valence-corrected chi connectivity index (χ3v) is 2.69. The fourth-order valence-electron chi connectivity index (χ4n) is 1.81. The average molecular weight is 275 g/mol. The van der Waals surface area contributed by atoms with Crippen LogP contribution < -0.4 is 14.8 Å². The maximum Gasteiger partial charge on any atom is 0.167 e. The van der Waals surface area contributed by atoms with E-state index >= 15 is 0 Å². The first kappa shape index (κ1) is 16.4. The molecule has 110 valence electrons. The fourth-order valence-corrected chi connectivity index (χ4v) is 1.81. The van der Waals surface area contributed by atoms with Gasteiger partial charge in [-0.05, 0) is 32.4 Å². The van der Waals surface area contributed by atoms with Crippen molar-refractivity contribution >= 4 is 0 Å². The van der Waals surface area contributed by atoms with Crippen molar-refractivity contribution in [1.82, 2.24) is 5.32 Å². The third kappa shape index (κ3) is 5.54. The van der Waals surface area contributed by atoms with Crippen LogP contribution in [0.3, 0.4) is 0 Å². The summed E-state index contributed by atoms with van der Waals surface area (Å²) in [5.41, 5.74) is 1.11. The Hall–Kier alpha value is -1.66. The first-order valence-electron chi connectivity index (χ1n) is 7.16. The quantitative estimate of drug-likeness (QED) is 0.739. The van der Waals surface area contributed by atoms with E-state index in [1.54, 1.807) is 0 Å². The molecule has 0 heterocycles. The molecular formula is C17H25NO2. The zero-order chi connectivity index (χ0) is 14.8. The Labute approximate surface area is 122 Å². The average Bonchev–Trinajstić information content (AvgIpc) is 2.41. The molecule has 0 radical (unpaired) electrons. The third-order valence-electron chi connectivity index (χ3n) is 2.69. The molecule has 1 rings (SSSR count). The van der Waals surface area contributed by atoms with E-state index in [1.807, 2.05) is 26.0 Å². The zero-order valence-electron chi connectivity index (χ0n) is 13.0. The van der Waals surface area contributed by atoms with Crippen molar-refractivity contribution in [3.05, 3.63) is 23.8 Å². The molecule has 0 aliphatic carbocycles. The van der Waals surface area contributed by atoms with Crippen LogP contribution in [0.2, 0.25) is 0 Å². The summed E-state index contributed by atoms with van der Waals surface area (Å²) in [6.07, 6.45) is 0. The van der Waals surface area contributed by atoms with Crippen LogP contribution >= 0.6 is 0 Å². The molecule has 3 heteroatoms. The van der Waals surface area contributed by atoms with Crippen molar-refractivity contribution in [1.29, 1.82) is 0 Å². The Morgan fingerprint density at radius 2 is 2.05 bits per heavy atom. The summed E-state index contributed by atoms with van der Waals surface area (Å²) in [5.74, 6) is 7.97. The predicted octanol–water partition coefficient (Wildman–Crippen LogP) is 3.23. The van der Waals surface area contributed by atoms with Crippen molar-refractivity contribution in [2.75, 3.05) is 19.8 Å².